The topological polar surface area (TPSA) is 284 Å². The number of phenols is 1. The number of azo groups is 3. The third kappa shape index (κ3) is 10.7. The van der Waals surface area contributed by atoms with E-state index in [1.807, 2.05) is 0 Å². The van der Waals surface area contributed by atoms with Gasteiger partial charge < -0.3 is 10.8 Å². The summed E-state index contributed by atoms with van der Waals surface area (Å²) in [6.45, 7) is 0. The minimum atomic E-state index is -4.94. The molecule has 59 heavy (non-hydrogen) atoms. The van der Waals surface area contributed by atoms with E-state index < -0.39 is 56.5 Å². The van der Waals surface area contributed by atoms with Crippen LogP contribution in [0.3, 0.4) is 0 Å². The van der Waals surface area contributed by atoms with Gasteiger partial charge in [-0.3, -0.25) is 13.7 Å². The fourth-order valence-corrected chi connectivity index (χ4v) is 7.41. The zero-order valence-corrected chi connectivity index (χ0v) is 39.6. The first-order chi connectivity index (χ1) is 26.5. The van der Waals surface area contributed by atoms with E-state index in [4.69, 9.17) is 5.73 Å². The molecule has 0 amide bonds. The summed E-state index contributed by atoms with van der Waals surface area (Å²) in [5.41, 5.74) is 6.53. The smallest absolute Gasteiger partial charge is 0.296 e. The Balaban J connectivity index is 0.00000256. The summed E-state index contributed by atoms with van der Waals surface area (Å²) in [5, 5.41) is 37.5. The molecule has 0 saturated heterocycles. The number of nitrogens with zero attached hydrogens (tertiary/aromatic N) is 6. The van der Waals surface area contributed by atoms with E-state index in [1.54, 1.807) is 30.3 Å². The van der Waals surface area contributed by atoms with Gasteiger partial charge in [-0.05, 0) is 90.3 Å². The van der Waals surface area contributed by atoms with Crippen molar-refractivity contribution in [1.29, 1.82) is 0 Å². The number of hydrogen-bond donors (Lipinski definition) is 5. The van der Waals surface area contributed by atoms with Crippen LogP contribution in [-0.4, -0.2) is 133 Å². The molecule has 3 radical (unpaired) electrons. The van der Waals surface area contributed by atoms with Crippen molar-refractivity contribution in [2.75, 3.05) is 5.73 Å². The van der Waals surface area contributed by atoms with E-state index >= 15 is 0 Å². The number of phenolic OH excluding ortho intramolecular Hbond substituents is 1. The minimum absolute atomic E-state index is 0. The molecule has 0 aromatic heterocycles. The molecule has 0 spiro atoms. The average molecular weight is 881 g/mol. The molecule has 0 aliphatic rings. The summed E-state index contributed by atoms with van der Waals surface area (Å²) in [6, 6.07) is 27.1. The van der Waals surface area contributed by atoms with E-state index in [-0.39, 0.29) is 144 Å². The number of benzene rings is 7. The first kappa shape index (κ1) is 48.1. The summed E-state index contributed by atoms with van der Waals surface area (Å²) in [5.74, 6) is -0.620. The third-order valence-electron chi connectivity index (χ3n) is 8.39. The molecule has 0 unspecified atom stereocenters. The van der Waals surface area contributed by atoms with Gasteiger partial charge in [-0.25, -0.2) is 0 Å². The van der Waals surface area contributed by atoms with E-state index in [0.717, 1.165) is 18.2 Å². The maximum absolute atomic E-state index is 12.3. The van der Waals surface area contributed by atoms with E-state index in [1.165, 1.54) is 66.7 Å². The Morgan fingerprint density at radius 1 is 0.441 bits per heavy atom. The Bertz CT molecular complexity index is 3210. The predicted molar refractivity (Wildman–Crippen MR) is 224 cm³/mol. The van der Waals surface area contributed by atoms with Crippen molar-refractivity contribution in [3.8, 4) is 5.75 Å². The van der Waals surface area contributed by atoms with Crippen molar-refractivity contribution < 1.29 is 44.0 Å². The minimum Gasteiger partial charge on any atom is -0.505 e. The molecular weight excluding hydrogens is 856 g/mol. The summed E-state index contributed by atoms with van der Waals surface area (Å²) in [4.78, 5) is -1.68. The molecule has 0 bridgehead atoms. The van der Waals surface area contributed by atoms with Crippen molar-refractivity contribution in [1.82, 2.24) is 0 Å². The summed E-state index contributed by atoms with van der Waals surface area (Å²) in [6.07, 6.45) is 0. The summed E-state index contributed by atoms with van der Waals surface area (Å²) >= 11 is 0. The largest absolute Gasteiger partial charge is 0.505 e. The van der Waals surface area contributed by atoms with Gasteiger partial charge in [0, 0.05) is 121 Å². The first-order valence-corrected chi connectivity index (χ1v) is 20.2. The van der Waals surface area contributed by atoms with Crippen molar-refractivity contribution in [3.05, 3.63) is 115 Å². The molecule has 23 heteroatoms. The predicted octanol–water partition coefficient (Wildman–Crippen LogP) is 8.28. The van der Waals surface area contributed by atoms with E-state index in [9.17, 15) is 44.0 Å². The fourth-order valence-electron chi connectivity index (χ4n) is 5.74. The number of fused-ring (bicyclic) bond motifs is 3. The second kappa shape index (κ2) is 19.0. The molecule has 7 aromatic carbocycles. The fraction of sp³-hybridized carbons (Fsp3) is 0. The van der Waals surface area contributed by atoms with Crippen LogP contribution >= 0.6 is 0 Å². The third-order valence-corrected chi connectivity index (χ3v) is 11.0. The van der Waals surface area contributed by atoms with Crippen molar-refractivity contribution in [2.45, 2.75) is 14.7 Å². The molecule has 0 saturated carbocycles. The molecule has 7 rings (SSSR count). The monoisotopic (exact) mass is 880 g/mol. The van der Waals surface area contributed by atoms with Crippen molar-refractivity contribution in [3.63, 3.8) is 0 Å². The second-order valence-electron chi connectivity index (χ2n) is 12.0. The van der Waals surface area contributed by atoms with Crippen LogP contribution < -0.4 is 5.73 Å². The first-order valence-electron chi connectivity index (χ1n) is 15.9. The van der Waals surface area contributed by atoms with Gasteiger partial charge in [0.25, 0.3) is 30.4 Å². The van der Waals surface area contributed by atoms with Gasteiger partial charge in [-0.15, -0.1) is 25.6 Å². The number of nitrogen functional groups attached to an aromatic ring is 1. The molecule has 0 heterocycles. The van der Waals surface area contributed by atoms with E-state index in [0.29, 0.717) is 11.1 Å². The van der Waals surface area contributed by atoms with Gasteiger partial charge in [-0.2, -0.15) is 30.4 Å². The Labute approximate surface area is 402 Å². The van der Waals surface area contributed by atoms with Gasteiger partial charge in [0.05, 0.1) is 38.2 Å². The zero-order valence-electron chi connectivity index (χ0n) is 31.2. The SMILES string of the molecule is Nc1ccc2c(O)c(N=Nc3ccc(N=Nc4ccc(N=Nc5ccccc5)c5cc(S(=O)(=O)O)ccc45)c4cc(S(=O)(=O)O)ccc34)c(S(=O)(=O)O)cc2c1.[Na].[Na].[Na]. The molecule has 6 N–H and O–H groups in total. The Hall–Kier alpha value is -3.55. The van der Waals surface area contributed by atoms with Gasteiger partial charge in [0.1, 0.15) is 10.6 Å². The molecule has 285 valence electrons. The Morgan fingerprint density at radius 3 is 1.36 bits per heavy atom. The van der Waals surface area contributed by atoms with Crippen LogP contribution in [0.15, 0.2) is 161 Å². The molecule has 0 fully saturated rings. The van der Waals surface area contributed by atoms with Crippen LogP contribution in [0, 0.1) is 0 Å². The molecule has 0 aliphatic heterocycles. The molecule has 0 aliphatic carbocycles. The van der Waals surface area contributed by atoms with Crippen molar-refractivity contribution in [2.24, 2.45) is 30.7 Å². The number of nitrogens with two attached hydrogens (primary N) is 1. The molecule has 7 aromatic rings. The number of aromatic hydroxyl groups is 1. The van der Waals surface area contributed by atoms with Crippen LogP contribution in [0.1, 0.15) is 0 Å². The van der Waals surface area contributed by atoms with Gasteiger partial charge in [0.15, 0.2) is 5.75 Å². The van der Waals surface area contributed by atoms with E-state index in [2.05, 4.69) is 30.7 Å². The standard InChI is InChI=1S/C36H25N7O10S3.3Na/c37-21-6-9-25-20(16-21)17-34(56(51,52)53)35(36(25)44)43-42-31-13-15-33(29-19-24(55(48,49)50)8-11-27(29)31)41-40-30-12-14-32(39-38-22-4-2-1-3-5-22)28-18-23(54(45,46)47)7-10-26(28)30;;;/h1-19,44H,37H2,(H,45,46,47)(H,48,49,50)(H,51,52,53);;;. The van der Waals surface area contributed by atoms with Crippen LogP contribution in [0.5, 0.6) is 5.75 Å². The summed E-state index contributed by atoms with van der Waals surface area (Å²) in [7, 11) is -14.3. The second-order valence-corrected chi connectivity index (χ2v) is 16.3. The number of rotatable bonds is 9. The summed E-state index contributed by atoms with van der Waals surface area (Å²) < 4.78 is 103. The van der Waals surface area contributed by atoms with Gasteiger partial charge in [-0.1, -0.05) is 30.3 Å². The maximum atomic E-state index is 12.3. The van der Waals surface area contributed by atoms with Crippen molar-refractivity contribution >= 4 is 191 Å². The Kier molecular flexibility index (Phi) is 15.5. The normalized spacial score (nSPS) is 12.3. The van der Waals surface area contributed by atoms with Crippen LogP contribution in [-0.2, 0) is 30.4 Å². The Morgan fingerprint density at radius 2 is 0.881 bits per heavy atom. The average Bonchev–Trinajstić information content (AvgIpc) is 3.15. The maximum Gasteiger partial charge on any atom is 0.296 e. The number of anilines is 1. The zero-order chi connectivity index (χ0) is 40.0. The van der Waals surface area contributed by atoms with Crippen LogP contribution in [0.25, 0.3) is 32.3 Å². The van der Waals surface area contributed by atoms with Crippen LogP contribution in [0.4, 0.5) is 39.8 Å². The quantitative estimate of drug-likeness (QED) is 0.0398. The van der Waals surface area contributed by atoms with Gasteiger partial charge >= 0.3 is 0 Å². The molecular formula is C36H25N7Na3O10S3. The van der Waals surface area contributed by atoms with Crippen LogP contribution in [0.2, 0.25) is 0 Å². The molecule has 17 nitrogen and oxygen atoms in total. The van der Waals surface area contributed by atoms with Gasteiger partial charge in [0.2, 0.25) is 0 Å². The number of hydrogen-bond acceptors (Lipinski definition) is 14. The molecule has 0 atom stereocenters.